The maximum Gasteiger partial charge on any atom is 0.139 e. The van der Waals surface area contributed by atoms with Gasteiger partial charge >= 0.3 is 0 Å². The summed E-state index contributed by atoms with van der Waals surface area (Å²) in [6.45, 7) is 0.338. The van der Waals surface area contributed by atoms with Crippen LogP contribution in [0.15, 0.2) is 22.8 Å². The predicted octanol–water partition coefficient (Wildman–Crippen LogP) is 3.79. The normalized spacial score (nSPS) is 20.8. The van der Waals surface area contributed by atoms with Crippen molar-refractivity contribution in [2.75, 3.05) is 12.5 Å². The monoisotopic (exact) mass is 384 g/mol. The Kier molecular flexibility index (Phi) is 4.64. The van der Waals surface area contributed by atoms with Gasteiger partial charge in [0.05, 0.1) is 17.8 Å². The van der Waals surface area contributed by atoms with Gasteiger partial charge in [-0.3, -0.25) is 4.21 Å². The van der Waals surface area contributed by atoms with Gasteiger partial charge in [0, 0.05) is 46.3 Å². The summed E-state index contributed by atoms with van der Waals surface area (Å²) in [4.78, 5) is 12.4. The van der Waals surface area contributed by atoms with E-state index in [1.54, 1.807) is 18.7 Å². The Morgan fingerprint density at radius 3 is 2.85 bits per heavy atom. The lowest BCUT2D eigenvalue weighted by Gasteiger charge is -2.29. The number of imidazole rings is 1. The second kappa shape index (κ2) is 6.97. The largest absolute Gasteiger partial charge is 0.346 e. The average Bonchev–Trinajstić information content (AvgIpc) is 3.24. The molecule has 1 aliphatic rings. The first-order valence-corrected chi connectivity index (χ1v) is 11.6. The number of nitriles is 1. The molecule has 0 spiro atoms. The van der Waals surface area contributed by atoms with E-state index in [9.17, 15) is 4.21 Å². The van der Waals surface area contributed by atoms with E-state index in [2.05, 4.69) is 25.0 Å². The number of aromatic nitrogens is 4. The third-order valence-electron chi connectivity index (χ3n) is 5.39. The second-order valence-electron chi connectivity index (χ2n) is 7.64. The summed E-state index contributed by atoms with van der Waals surface area (Å²) < 4.78 is 18.8. The molecule has 0 atom stereocenters. The zero-order valence-electron chi connectivity index (χ0n) is 15.7. The van der Waals surface area contributed by atoms with E-state index in [-0.39, 0.29) is 0 Å². The van der Waals surface area contributed by atoms with E-state index in [0.717, 1.165) is 53.6 Å². The number of hydrogen-bond donors (Lipinski definition) is 1. The van der Waals surface area contributed by atoms with Gasteiger partial charge in [-0.05, 0) is 37.7 Å². The number of nitrogens with one attached hydrogen (secondary N) is 1. The fourth-order valence-corrected chi connectivity index (χ4v) is 4.52. The zero-order chi connectivity index (χ0) is 19.0. The predicted molar refractivity (Wildman–Crippen MR) is 107 cm³/mol. The standard InChI is InChI=1S/C19H24N6OS/c1-27(2,26)23-12-17-24-16-11-22-19-15(8-10-21-19)18(16)25(17)14-5-3-13(4-6-14)7-9-20/h8,10-11,13-14H,3-7,12H2,1-2H3,(H,21,22)/t13-,14-. The van der Waals surface area contributed by atoms with Crippen LogP contribution in [0.25, 0.3) is 22.1 Å². The molecule has 3 aromatic heterocycles. The minimum Gasteiger partial charge on any atom is -0.346 e. The van der Waals surface area contributed by atoms with E-state index < -0.39 is 9.73 Å². The summed E-state index contributed by atoms with van der Waals surface area (Å²) in [5.41, 5.74) is 2.78. The number of rotatable bonds is 4. The highest BCUT2D eigenvalue weighted by Gasteiger charge is 2.26. The molecular weight excluding hydrogens is 360 g/mol. The summed E-state index contributed by atoms with van der Waals surface area (Å²) in [5.74, 6) is 1.34. The van der Waals surface area contributed by atoms with Crippen LogP contribution in [0.3, 0.4) is 0 Å². The number of fused-ring (bicyclic) bond motifs is 3. The molecule has 0 saturated heterocycles. The van der Waals surface area contributed by atoms with Crippen molar-refractivity contribution in [2.24, 2.45) is 10.3 Å². The number of H-pyrrole nitrogens is 1. The zero-order valence-corrected chi connectivity index (χ0v) is 16.5. The number of pyridine rings is 1. The first kappa shape index (κ1) is 18.0. The summed E-state index contributed by atoms with van der Waals surface area (Å²) in [7, 11) is -2.19. The third-order valence-corrected chi connectivity index (χ3v) is 6.14. The van der Waals surface area contributed by atoms with E-state index in [1.165, 1.54) is 0 Å². The number of hydrogen-bond acceptors (Lipinski definition) is 5. The number of aromatic amines is 1. The van der Waals surface area contributed by atoms with Crippen LogP contribution in [0.4, 0.5) is 0 Å². The summed E-state index contributed by atoms with van der Waals surface area (Å²) in [6, 6.07) is 4.66. The molecular formula is C19H24N6OS. The molecule has 142 valence electrons. The minimum absolute atomic E-state index is 0.320. The molecule has 1 fully saturated rings. The molecule has 0 bridgehead atoms. The maximum absolute atomic E-state index is 12.1. The molecule has 8 heteroatoms. The highest BCUT2D eigenvalue weighted by atomic mass is 32.2. The summed E-state index contributed by atoms with van der Waals surface area (Å²) in [6.07, 6.45) is 11.8. The molecule has 0 radical (unpaired) electrons. The van der Waals surface area contributed by atoms with E-state index in [0.29, 0.717) is 24.9 Å². The SMILES string of the molecule is CS(C)(=O)=NCc1nc2cnc3[nH]ccc3c2n1[C@H]1CC[C@H](CC#N)CC1. The van der Waals surface area contributed by atoms with Gasteiger partial charge in [-0.2, -0.15) is 5.26 Å². The van der Waals surface area contributed by atoms with Crippen molar-refractivity contribution in [1.29, 1.82) is 5.26 Å². The van der Waals surface area contributed by atoms with Gasteiger partial charge in [-0.25, -0.2) is 14.3 Å². The van der Waals surface area contributed by atoms with Gasteiger partial charge in [0.25, 0.3) is 0 Å². The van der Waals surface area contributed by atoms with E-state index in [1.807, 2.05) is 12.3 Å². The molecule has 0 aliphatic heterocycles. The molecule has 0 aromatic carbocycles. The van der Waals surface area contributed by atoms with Crippen molar-refractivity contribution in [3.05, 3.63) is 24.3 Å². The smallest absolute Gasteiger partial charge is 0.139 e. The van der Waals surface area contributed by atoms with Gasteiger partial charge in [-0.15, -0.1) is 0 Å². The van der Waals surface area contributed by atoms with Gasteiger partial charge in [0.2, 0.25) is 0 Å². The Labute approximate surface area is 159 Å². The lowest BCUT2D eigenvalue weighted by atomic mass is 9.84. The Balaban J connectivity index is 1.81. The molecule has 0 unspecified atom stereocenters. The quantitative estimate of drug-likeness (QED) is 0.739. The Bertz CT molecular complexity index is 1130. The highest BCUT2D eigenvalue weighted by Crippen LogP contribution is 2.38. The molecule has 0 amide bonds. The maximum atomic E-state index is 12.1. The Morgan fingerprint density at radius 1 is 1.37 bits per heavy atom. The van der Waals surface area contributed by atoms with Gasteiger partial charge in [-0.1, -0.05) is 0 Å². The Morgan fingerprint density at radius 2 is 2.15 bits per heavy atom. The van der Waals surface area contributed by atoms with Crippen molar-refractivity contribution in [3.8, 4) is 6.07 Å². The third kappa shape index (κ3) is 3.56. The summed E-state index contributed by atoms with van der Waals surface area (Å²) in [5, 5.41) is 10.0. The fourth-order valence-electron chi connectivity index (χ4n) is 4.09. The van der Waals surface area contributed by atoms with Gasteiger partial charge < -0.3 is 9.55 Å². The van der Waals surface area contributed by atoms with E-state index in [4.69, 9.17) is 10.2 Å². The first-order chi connectivity index (χ1) is 13.0. The average molecular weight is 385 g/mol. The minimum atomic E-state index is -2.19. The molecule has 4 rings (SSSR count). The lowest BCUT2D eigenvalue weighted by molar-refractivity contribution is 0.278. The molecule has 3 heterocycles. The van der Waals surface area contributed by atoms with Crippen LogP contribution in [0.5, 0.6) is 0 Å². The summed E-state index contributed by atoms with van der Waals surface area (Å²) >= 11 is 0. The Hall–Kier alpha value is -2.40. The van der Waals surface area contributed by atoms with Crippen molar-refractivity contribution >= 4 is 31.8 Å². The van der Waals surface area contributed by atoms with Crippen LogP contribution >= 0.6 is 0 Å². The molecule has 7 nitrogen and oxygen atoms in total. The van der Waals surface area contributed by atoms with Gasteiger partial charge in [0.1, 0.15) is 23.5 Å². The van der Waals surface area contributed by atoms with Crippen molar-refractivity contribution in [3.63, 3.8) is 0 Å². The van der Waals surface area contributed by atoms with Crippen LogP contribution in [-0.4, -0.2) is 36.2 Å². The van der Waals surface area contributed by atoms with Crippen LogP contribution in [-0.2, 0) is 16.3 Å². The van der Waals surface area contributed by atoms with Crippen molar-refractivity contribution in [1.82, 2.24) is 19.5 Å². The van der Waals surface area contributed by atoms with Crippen molar-refractivity contribution < 1.29 is 4.21 Å². The molecule has 1 aliphatic carbocycles. The van der Waals surface area contributed by atoms with Crippen LogP contribution in [0, 0.1) is 17.2 Å². The molecule has 27 heavy (non-hydrogen) atoms. The van der Waals surface area contributed by atoms with Crippen LogP contribution in [0.2, 0.25) is 0 Å². The molecule has 3 aromatic rings. The topological polar surface area (TPSA) is 99.7 Å². The first-order valence-electron chi connectivity index (χ1n) is 9.29. The van der Waals surface area contributed by atoms with Crippen LogP contribution < -0.4 is 0 Å². The van der Waals surface area contributed by atoms with Crippen LogP contribution in [0.1, 0.15) is 44.0 Å². The molecule has 1 saturated carbocycles. The van der Waals surface area contributed by atoms with Gasteiger partial charge in [0.15, 0.2) is 0 Å². The lowest BCUT2D eigenvalue weighted by Crippen LogP contribution is -2.20. The van der Waals surface area contributed by atoms with Crippen molar-refractivity contribution in [2.45, 2.75) is 44.7 Å². The molecule has 1 N–H and O–H groups in total. The van der Waals surface area contributed by atoms with E-state index >= 15 is 0 Å². The fraction of sp³-hybridized carbons (Fsp3) is 0.526. The second-order valence-corrected chi connectivity index (χ2v) is 10.3. The number of nitrogens with zero attached hydrogens (tertiary/aromatic N) is 5. The highest BCUT2D eigenvalue weighted by molar-refractivity contribution is 7.92.